The van der Waals surface area contributed by atoms with E-state index in [1.807, 2.05) is 0 Å². The number of nitrogens with zero attached hydrogens (tertiary/aromatic N) is 3. The highest BCUT2D eigenvalue weighted by atomic mass is 16.1. The van der Waals surface area contributed by atoms with Crippen molar-refractivity contribution in [2.24, 2.45) is 0 Å². The van der Waals surface area contributed by atoms with Gasteiger partial charge in [0.2, 0.25) is 11.1 Å². The molecule has 0 aromatic carbocycles. The highest BCUT2D eigenvalue weighted by Crippen LogP contribution is 1.84. The van der Waals surface area contributed by atoms with Crippen LogP contribution >= 0.6 is 0 Å². The topological polar surface area (TPSA) is 63.0 Å². The summed E-state index contributed by atoms with van der Waals surface area (Å²) in [7, 11) is 0. The Morgan fingerprint density at radius 3 is 3.30 bits per heavy atom. The Bertz CT molecular complexity index is 401. The first-order valence-electron chi connectivity index (χ1n) is 2.75. The summed E-state index contributed by atoms with van der Waals surface area (Å²) in [5.41, 5.74) is 0.193. The van der Waals surface area contributed by atoms with Crippen LogP contribution in [0.25, 0.3) is 5.65 Å². The summed E-state index contributed by atoms with van der Waals surface area (Å²) >= 11 is 0. The average Bonchev–Trinajstić information content (AvgIpc) is 2.36. The zero-order valence-electron chi connectivity index (χ0n) is 4.98. The van der Waals surface area contributed by atoms with Gasteiger partial charge in [0.25, 0.3) is 0 Å². The van der Waals surface area contributed by atoms with Crippen LogP contribution < -0.4 is 5.43 Å². The summed E-state index contributed by atoms with van der Waals surface area (Å²) < 4.78 is 1.46. The summed E-state index contributed by atoms with van der Waals surface area (Å²) in [5.74, 6) is 0. The second-order valence-electron chi connectivity index (χ2n) is 1.84. The lowest BCUT2D eigenvalue weighted by Crippen LogP contribution is -2.08. The second kappa shape index (κ2) is 1.66. The van der Waals surface area contributed by atoms with Crippen molar-refractivity contribution in [2.75, 3.05) is 0 Å². The molecule has 0 aliphatic rings. The van der Waals surface area contributed by atoms with Gasteiger partial charge in [-0.2, -0.15) is 5.10 Å². The molecule has 2 aromatic heterocycles. The van der Waals surface area contributed by atoms with E-state index >= 15 is 0 Å². The molecule has 2 heterocycles. The molecule has 5 nitrogen and oxygen atoms in total. The van der Waals surface area contributed by atoms with Gasteiger partial charge in [-0.15, -0.1) is 0 Å². The number of imidazole rings is 1. The molecule has 0 amide bonds. The van der Waals surface area contributed by atoms with Gasteiger partial charge in [-0.1, -0.05) is 0 Å². The summed E-state index contributed by atoms with van der Waals surface area (Å²) in [5, 5.41) is 6.15. The number of aromatic nitrogens is 4. The lowest BCUT2D eigenvalue weighted by molar-refractivity contribution is 0.800. The van der Waals surface area contributed by atoms with Gasteiger partial charge in [-0.05, 0) is 0 Å². The minimum Gasteiger partial charge on any atom is -0.284 e. The van der Waals surface area contributed by atoms with Crippen LogP contribution in [0.3, 0.4) is 0 Å². The highest BCUT2D eigenvalue weighted by Gasteiger charge is 1.95. The van der Waals surface area contributed by atoms with E-state index in [0.29, 0.717) is 5.65 Å². The molecule has 1 N–H and O–H groups in total. The Morgan fingerprint density at radius 1 is 1.60 bits per heavy atom. The molecule has 0 saturated heterocycles. The Kier molecular flexibility index (Phi) is 0.858. The van der Waals surface area contributed by atoms with Crippen molar-refractivity contribution < 1.29 is 0 Å². The molecular formula is C5H4N4O. The third-order valence-corrected chi connectivity index (χ3v) is 1.21. The molecule has 2 rings (SSSR count). The van der Waals surface area contributed by atoms with Crippen LogP contribution in [-0.2, 0) is 0 Å². The van der Waals surface area contributed by atoms with Crippen LogP contribution in [0.5, 0.6) is 0 Å². The van der Waals surface area contributed by atoms with Gasteiger partial charge in [0.15, 0.2) is 0 Å². The fraction of sp³-hybridized carbons (Fsp3) is 0. The lowest BCUT2D eigenvalue weighted by atomic mass is 10.6. The number of hydrogen-bond donors (Lipinski definition) is 1. The van der Waals surface area contributed by atoms with Crippen molar-refractivity contribution in [3.63, 3.8) is 0 Å². The standard InChI is InChI=1S/C5H4N4O/c10-4-3-7-8-9-2-1-6-5(4)9/h1-3,8H. The minimum absolute atomic E-state index is 0.177. The maximum atomic E-state index is 10.9. The van der Waals surface area contributed by atoms with Gasteiger partial charge < -0.3 is 0 Å². The molecule has 2 aromatic rings. The van der Waals surface area contributed by atoms with E-state index in [0.717, 1.165) is 0 Å². The largest absolute Gasteiger partial charge is 0.284 e. The third-order valence-electron chi connectivity index (χ3n) is 1.21. The smallest absolute Gasteiger partial charge is 0.243 e. The first-order chi connectivity index (χ1) is 4.88. The van der Waals surface area contributed by atoms with Crippen LogP contribution in [0.2, 0.25) is 0 Å². The SMILES string of the molecule is O=c1cn[nH]n2ccnc12. The Hall–Kier alpha value is -1.65. The monoisotopic (exact) mass is 136 g/mol. The molecule has 0 radical (unpaired) electrons. The number of H-pyrrole nitrogens is 1. The van der Waals surface area contributed by atoms with E-state index < -0.39 is 0 Å². The summed E-state index contributed by atoms with van der Waals surface area (Å²) in [6.07, 6.45) is 4.36. The molecule has 0 saturated carbocycles. The molecule has 0 atom stereocenters. The van der Waals surface area contributed by atoms with Gasteiger partial charge in [0, 0.05) is 12.4 Å². The third kappa shape index (κ3) is 0.540. The molecule has 0 bridgehead atoms. The Morgan fingerprint density at radius 2 is 2.50 bits per heavy atom. The fourth-order valence-corrected chi connectivity index (χ4v) is 0.774. The predicted octanol–water partition coefficient (Wildman–Crippen LogP) is -0.582. The van der Waals surface area contributed by atoms with Crippen LogP contribution in [0.1, 0.15) is 0 Å². The van der Waals surface area contributed by atoms with Crippen molar-refractivity contribution in [1.82, 2.24) is 19.8 Å². The first-order valence-corrected chi connectivity index (χ1v) is 2.75. The summed E-state index contributed by atoms with van der Waals surface area (Å²) in [4.78, 5) is 14.7. The van der Waals surface area contributed by atoms with Crippen LogP contribution in [-0.4, -0.2) is 19.8 Å². The van der Waals surface area contributed by atoms with E-state index in [-0.39, 0.29) is 5.43 Å². The number of fused-ring (bicyclic) bond motifs is 1. The minimum atomic E-state index is -0.177. The van der Waals surface area contributed by atoms with Crippen LogP contribution in [0, 0.1) is 0 Å². The van der Waals surface area contributed by atoms with Gasteiger partial charge in [-0.25, -0.2) is 14.7 Å². The fourth-order valence-electron chi connectivity index (χ4n) is 0.774. The van der Waals surface area contributed by atoms with Crippen LogP contribution in [0.4, 0.5) is 0 Å². The van der Waals surface area contributed by atoms with E-state index in [1.165, 1.54) is 16.9 Å². The van der Waals surface area contributed by atoms with Crippen molar-refractivity contribution in [3.8, 4) is 0 Å². The number of aromatic amines is 1. The van der Waals surface area contributed by atoms with E-state index in [4.69, 9.17) is 0 Å². The summed E-state index contributed by atoms with van der Waals surface area (Å²) in [6, 6.07) is 0. The molecule has 10 heavy (non-hydrogen) atoms. The number of hydrogen-bond acceptors (Lipinski definition) is 3. The van der Waals surface area contributed by atoms with Gasteiger partial charge >= 0.3 is 0 Å². The number of rotatable bonds is 0. The molecular weight excluding hydrogens is 132 g/mol. The van der Waals surface area contributed by atoms with Crippen molar-refractivity contribution >= 4 is 5.65 Å². The van der Waals surface area contributed by atoms with E-state index in [9.17, 15) is 4.79 Å². The van der Waals surface area contributed by atoms with Gasteiger partial charge in [0.05, 0.1) is 0 Å². The first kappa shape index (κ1) is 5.16. The molecule has 0 aliphatic heterocycles. The molecule has 0 fully saturated rings. The maximum Gasteiger partial charge on any atom is 0.243 e. The zero-order chi connectivity index (χ0) is 6.97. The molecule has 50 valence electrons. The number of nitrogens with one attached hydrogen (secondary N) is 1. The highest BCUT2D eigenvalue weighted by molar-refractivity contribution is 5.33. The summed E-state index contributed by atoms with van der Waals surface area (Å²) in [6.45, 7) is 0. The molecule has 0 aliphatic carbocycles. The quantitative estimate of drug-likeness (QED) is 0.526. The Labute approximate surface area is 55.3 Å². The van der Waals surface area contributed by atoms with E-state index in [1.54, 1.807) is 6.20 Å². The zero-order valence-corrected chi connectivity index (χ0v) is 4.98. The molecule has 5 heteroatoms. The maximum absolute atomic E-state index is 10.9. The van der Waals surface area contributed by atoms with E-state index in [2.05, 4.69) is 15.3 Å². The van der Waals surface area contributed by atoms with Crippen molar-refractivity contribution in [3.05, 3.63) is 28.8 Å². The Balaban J connectivity index is 3.09. The van der Waals surface area contributed by atoms with Crippen molar-refractivity contribution in [1.29, 1.82) is 0 Å². The van der Waals surface area contributed by atoms with Gasteiger partial charge in [-0.3, -0.25) is 4.79 Å². The van der Waals surface area contributed by atoms with Gasteiger partial charge in [0.1, 0.15) is 6.20 Å². The lowest BCUT2D eigenvalue weighted by Gasteiger charge is -1.86. The second-order valence-corrected chi connectivity index (χ2v) is 1.84. The molecule has 0 spiro atoms. The van der Waals surface area contributed by atoms with Crippen molar-refractivity contribution in [2.45, 2.75) is 0 Å². The average molecular weight is 136 g/mol. The molecule has 0 unspecified atom stereocenters. The van der Waals surface area contributed by atoms with Crippen LogP contribution in [0.15, 0.2) is 23.4 Å². The predicted molar refractivity (Wildman–Crippen MR) is 33.6 cm³/mol. The normalized spacial score (nSPS) is 10.4.